The van der Waals surface area contributed by atoms with Gasteiger partial charge in [0.15, 0.2) is 0 Å². The molecular formula is C25H34FN5O2S. The summed E-state index contributed by atoms with van der Waals surface area (Å²) in [7, 11) is -0.740. The van der Waals surface area contributed by atoms with E-state index in [1.807, 2.05) is 17.3 Å². The molecule has 2 atom stereocenters. The summed E-state index contributed by atoms with van der Waals surface area (Å²) in [5, 5.41) is 0. The molecular weight excluding hydrogens is 453 g/mol. The van der Waals surface area contributed by atoms with E-state index < -0.39 is 21.4 Å². The second-order valence-electron chi connectivity index (χ2n) is 9.38. The fourth-order valence-electron chi connectivity index (χ4n) is 4.88. The van der Waals surface area contributed by atoms with Crippen LogP contribution in [-0.4, -0.2) is 75.9 Å². The first-order chi connectivity index (χ1) is 16.2. The molecule has 0 N–H and O–H groups in total. The first-order valence-corrected chi connectivity index (χ1v) is 14.0. The lowest BCUT2D eigenvalue weighted by Gasteiger charge is -2.44. The molecule has 4 rings (SSSR count). The number of halogens is 1. The summed E-state index contributed by atoms with van der Waals surface area (Å²) in [6, 6.07) is 4.27. The van der Waals surface area contributed by atoms with E-state index in [1.165, 1.54) is 12.3 Å². The number of aromatic nitrogens is 2. The maximum Gasteiger partial charge on any atom is 0.245 e. The summed E-state index contributed by atoms with van der Waals surface area (Å²) in [4.78, 5) is 28.7. The minimum atomic E-state index is -2.50. The lowest BCUT2D eigenvalue weighted by Crippen LogP contribution is -2.57. The predicted molar refractivity (Wildman–Crippen MR) is 136 cm³/mol. The standard InChI is InChI=1S/C25H34FN5O2S/c1-5-18-16-27-25(28-17-18)30-13-10-19(11-14-30)31-12-6-7-23(24(31)32)29(2)22-9-8-20(15-21(22)26)34(3,4)33/h8-9,15-17,19,23H,3,5-7,10-14H2,1-2,4H3/t23-,34?/m0/s1. The molecule has 1 aromatic heterocycles. The summed E-state index contributed by atoms with van der Waals surface area (Å²) < 4.78 is 27.1. The minimum Gasteiger partial charge on any atom is -0.360 e. The lowest BCUT2D eigenvalue weighted by atomic mass is 9.96. The molecule has 9 heteroatoms. The number of likely N-dealkylation sites (N-methyl/N-ethyl adjacent to an activating group) is 1. The minimum absolute atomic E-state index is 0.0515. The molecule has 2 aromatic rings. The molecule has 1 unspecified atom stereocenters. The van der Waals surface area contributed by atoms with Gasteiger partial charge in [-0.15, -0.1) is 0 Å². The van der Waals surface area contributed by atoms with Crippen LogP contribution in [0.25, 0.3) is 0 Å². The summed E-state index contributed by atoms with van der Waals surface area (Å²) in [5.74, 6) is 3.94. The number of rotatable bonds is 6. The van der Waals surface area contributed by atoms with E-state index in [1.54, 1.807) is 24.1 Å². The van der Waals surface area contributed by atoms with Crippen molar-refractivity contribution in [2.75, 3.05) is 42.7 Å². The number of hydrogen-bond donors (Lipinski definition) is 0. The molecule has 2 fully saturated rings. The molecule has 0 spiro atoms. The third-order valence-electron chi connectivity index (χ3n) is 7.00. The number of benzene rings is 1. The van der Waals surface area contributed by atoms with Gasteiger partial charge >= 0.3 is 0 Å². The topological polar surface area (TPSA) is 69.6 Å². The predicted octanol–water partition coefficient (Wildman–Crippen LogP) is 2.98. The normalized spacial score (nSPS) is 21.4. The van der Waals surface area contributed by atoms with E-state index in [4.69, 9.17) is 0 Å². The van der Waals surface area contributed by atoms with Crippen LogP contribution in [0.2, 0.25) is 0 Å². The molecule has 7 nitrogen and oxygen atoms in total. The number of likely N-dealkylation sites (tertiary alicyclic amines) is 1. The van der Waals surface area contributed by atoms with Crippen LogP contribution in [0.15, 0.2) is 35.5 Å². The van der Waals surface area contributed by atoms with E-state index in [0.29, 0.717) is 17.0 Å². The van der Waals surface area contributed by atoms with Crippen molar-refractivity contribution in [3.63, 3.8) is 0 Å². The van der Waals surface area contributed by atoms with E-state index >= 15 is 0 Å². The number of nitrogens with zero attached hydrogens (tertiary/aromatic N) is 5. The van der Waals surface area contributed by atoms with Crippen molar-refractivity contribution in [1.29, 1.82) is 0 Å². The molecule has 2 saturated heterocycles. The molecule has 2 aliphatic heterocycles. The van der Waals surface area contributed by atoms with Crippen LogP contribution >= 0.6 is 0 Å². The number of anilines is 2. The number of hydrogen-bond acceptors (Lipinski definition) is 6. The zero-order chi connectivity index (χ0) is 24.5. The van der Waals surface area contributed by atoms with Gasteiger partial charge in [0.2, 0.25) is 11.9 Å². The van der Waals surface area contributed by atoms with Crippen LogP contribution in [0.3, 0.4) is 0 Å². The average molecular weight is 488 g/mol. The molecule has 0 saturated carbocycles. The Hall–Kier alpha value is -2.68. The highest BCUT2D eigenvalue weighted by Gasteiger charge is 2.37. The van der Waals surface area contributed by atoms with Crippen molar-refractivity contribution in [2.24, 2.45) is 0 Å². The van der Waals surface area contributed by atoms with Crippen molar-refractivity contribution in [3.8, 4) is 0 Å². The van der Waals surface area contributed by atoms with Crippen LogP contribution in [0.1, 0.15) is 38.2 Å². The summed E-state index contributed by atoms with van der Waals surface area (Å²) in [6.45, 7) is 4.42. The van der Waals surface area contributed by atoms with Gasteiger partial charge in [0, 0.05) is 56.3 Å². The SMILES string of the molecule is C=S(C)(=O)c1ccc(N(C)[C@H]2CCCN(C3CCN(c4ncc(CC)cn4)CC3)C2=O)c(F)c1. The Balaban J connectivity index is 1.42. The zero-order valence-corrected chi connectivity index (χ0v) is 21.1. The van der Waals surface area contributed by atoms with Gasteiger partial charge in [-0.1, -0.05) is 6.92 Å². The van der Waals surface area contributed by atoms with Crippen LogP contribution < -0.4 is 9.80 Å². The van der Waals surface area contributed by atoms with Gasteiger partial charge < -0.3 is 14.7 Å². The van der Waals surface area contributed by atoms with Crippen LogP contribution in [-0.2, 0) is 20.7 Å². The van der Waals surface area contributed by atoms with Crippen LogP contribution in [0.5, 0.6) is 0 Å². The Labute approximate surface area is 202 Å². The van der Waals surface area contributed by atoms with E-state index in [9.17, 15) is 13.4 Å². The quantitative estimate of drug-likeness (QED) is 0.584. The summed E-state index contributed by atoms with van der Waals surface area (Å²) >= 11 is 0. The molecule has 184 valence electrons. The average Bonchev–Trinajstić information content (AvgIpc) is 2.83. The highest BCUT2D eigenvalue weighted by molar-refractivity contribution is 7.99. The Morgan fingerprint density at radius 1 is 1.18 bits per heavy atom. The Morgan fingerprint density at radius 3 is 2.44 bits per heavy atom. The second kappa shape index (κ2) is 9.90. The van der Waals surface area contributed by atoms with E-state index in [-0.39, 0.29) is 11.9 Å². The molecule has 0 radical (unpaired) electrons. The van der Waals surface area contributed by atoms with E-state index in [0.717, 1.165) is 56.8 Å². The Bertz CT molecular complexity index is 1130. The smallest absolute Gasteiger partial charge is 0.245 e. The third kappa shape index (κ3) is 5.04. The van der Waals surface area contributed by atoms with Gasteiger partial charge in [-0.25, -0.2) is 14.4 Å². The molecule has 1 aromatic carbocycles. The van der Waals surface area contributed by atoms with Crippen molar-refractivity contribution in [2.45, 2.75) is 56.0 Å². The fraction of sp³-hybridized carbons (Fsp3) is 0.520. The van der Waals surface area contributed by atoms with Gasteiger partial charge in [0.05, 0.1) is 5.69 Å². The van der Waals surface area contributed by atoms with Gasteiger partial charge in [0.1, 0.15) is 11.9 Å². The number of carbonyl (C=O) groups is 1. The van der Waals surface area contributed by atoms with Gasteiger partial charge in [-0.2, -0.15) is 0 Å². The Morgan fingerprint density at radius 2 is 1.85 bits per heavy atom. The van der Waals surface area contributed by atoms with Gasteiger partial charge in [0.25, 0.3) is 0 Å². The second-order valence-corrected chi connectivity index (χ2v) is 11.9. The van der Waals surface area contributed by atoms with Gasteiger partial charge in [-0.3, -0.25) is 9.00 Å². The molecule has 1 amide bonds. The van der Waals surface area contributed by atoms with Crippen molar-refractivity contribution in [3.05, 3.63) is 42.0 Å². The molecule has 34 heavy (non-hydrogen) atoms. The van der Waals surface area contributed by atoms with Crippen molar-refractivity contribution >= 4 is 32.9 Å². The lowest BCUT2D eigenvalue weighted by molar-refractivity contribution is -0.138. The number of aryl methyl sites for hydroxylation is 1. The fourth-order valence-corrected chi connectivity index (χ4v) is 5.59. The first kappa shape index (κ1) is 24.4. The molecule has 0 aliphatic carbocycles. The highest BCUT2D eigenvalue weighted by Crippen LogP contribution is 2.29. The summed E-state index contributed by atoms with van der Waals surface area (Å²) in [6.07, 6.45) is 9.45. The van der Waals surface area contributed by atoms with Crippen LogP contribution in [0, 0.1) is 5.82 Å². The largest absolute Gasteiger partial charge is 0.360 e. The first-order valence-electron chi connectivity index (χ1n) is 11.9. The van der Waals surface area contributed by atoms with Crippen molar-refractivity contribution < 1.29 is 13.4 Å². The third-order valence-corrected chi connectivity index (χ3v) is 8.25. The Kier molecular flexibility index (Phi) is 7.12. The summed E-state index contributed by atoms with van der Waals surface area (Å²) in [5.41, 5.74) is 1.46. The van der Waals surface area contributed by atoms with Crippen LogP contribution in [0.4, 0.5) is 16.0 Å². The maximum atomic E-state index is 14.9. The zero-order valence-electron chi connectivity index (χ0n) is 20.2. The molecule has 0 bridgehead atoms. The molecule has 3 heterocycles. The number of amides is 1. The number of piperidine rings is 2. The number of carbonyl (C=O) groups excluding carboxylic acids is 1. The molecule has 2 aliphatic rings. The maximum absolute atomic E-state index is 14.9. The highest BCUT2D eigenvalue weighted by atomic mass is 32.2. The van der Waals surface area contributed by atoms with Gasteiger partial charge in [-0.05, 0) is 71.3 Å². The van der Waals surface area contributed by atoms with Crippen molar-refractivity contribution in [1.82, 2.24) is 14.9 Å². The monoisotopic (exact) mass is 487 g/mol. The van der Waals surface area contributed by atoms with E-state index in [2.05, 4.69) is 27.7 Å².